The number of anilines is 2. The molecule has 0 aliphatic heterocycles. The second kappa shape index (κ2) is 9.98. The van der Waals surface area contributed by atoms with Gasteiger partial charge in [-0.15, -0.1) is 0 Å². The molecule has 0 saturated carbocycles. The number of imidazole rings is 1. The van der Waals surface area contributed by atoms with Crippen LogP contribution in [0.3, 0.4) is 0 Å². The highest BCUT2D eigenvalue weighted by Gasteiger charge is 2.34. The number of halogens is 4. The van der Waals surface area contributed by atoms with E-state index in [4.69, 9.17) is 0 Å². The van der Waals surface area contributed by atoms with E-state index in [1.165, 1.54) is 36.9 Å². The quantitative estimate of drug-likeness (QED) is 0.299. The van der Waals surface area contributed by atoms with Crippen molar-refractivity contribution in [3.8, 4) is 0 Å². The van der Waals surface area contributed by atoms with Crippen molar-refractivity contribution in [2.45, 2.75) is 26.6 Å². The molecule has 0 fully saturated rings. The minimum Gasteiger partial charge on any atom is -0.361 e. The van der Waals surface area contributed by atoms with E-state index < -0.39 is 28.5 Å². The number of nitrogens with one attached hydrogen (secondary N) is 3. The van der Waals surface area contributed by atoms with Crippen LogP contribution in [-0.4, -0.2) is 29.6 Å². The van der Waals surface area contributed by atoms with Crippen molar-refractivity contribution in [1.29, 1.82) is 0 Å². The number of H-pyrrole nitrogens is 1. The Bertz CT molecular complexity index is 1560. The van der Waals surface area contributed by atoms with Gasteiger partial charge in [0.05, 0.1) is 35.0 Å². The van der Waals surface area contributed by atoms with Crippen LogP contribution in [0.2, 0.25) is 0 Å². The monoisotopic (exact) mass is 500 g/mol. The van der Waals surface area contributed by atoms with Crippen LogP contribution < -0.4 is 16.3 Å². The standard InChI is InChI=1S/C21H14F4N8O.C2H6/c22-11-4-6-12(7-5-11)32-33-15(8-26-18-17-19(28-9-27-17)30-10-29-18)31-14-3-1-2-13(21(23,24)25)16(14)20(33)34;1-2/h1-7,9-10,32H,8H2,(H2,26,27,28,29,30);1-2H3. The Morgan fingerprint density at radius 1 is 1.03 bits per heavy atom. The van der Waals surface area contributed by atoms with Crippen molar-refractivity contribution in [2.75, 3.05) is 10.7 Å². The van der Waals surface area contributed by atoms with Crippen molar-refractivity contribution < 1.29 is 17.6 Å². The molecule has 0 aliphatic carbocycles. The maximum Gasteiger partial charge on any atom is 0.417 e. The van der Waals surface area contributed by atoms with E-state index in [9.17, 15) is 22.4 Å². The first-order valence-electron chi connectivity index (χ1n) is 10.8. The summed E-state index contributed by atoms with van der Waals surface area (Å²) in [6.07, 6.45) is -2.04. The molecular formula is C23H20F4N8O. The zero-order valence-corrected chi connectivity index (χ0v) is 19.1. The van der Waals surface area contributed by atoms with Gasteiger partial charge < -0.3 is 10.3 Å². The highest BCUT2D eigenvalue weighted by atomic mass is 19.4. The fourth-order valence-corrected chi connectivity index (χ4v) is 3.46. The molecule has 0 radical (unpaired) electrons. The van der Waals surface area contributed by atoms with Crippen molar-refractivity contribution in [2.24, 2.45) is 0 Å². The van der Waals surface area contributed by atoms with Crippen LogP contribution >= 0.6 is 0 Å². The molecule has 2 aromatic carbocycles. The number of rotatable bonds is 5. The molecule has 0 atom stereocenters. The summed E-state index contributed by atoms with van der Waals surface area (Å²) in [4.78, 5) is 32.7. The Hall–Kier alpha value is -4.55. The second-order valence-corrected chi connectivity index (χ2v) is 7.16. The van der Waals surface area contributed by atoms with Crippen LogP contribution in [0.5, 0.6) is 0 Å². The number of benzene rings is 2. The predicted octanol–water partition coefficient (Wildman–Crippen LogP) is 4.73. The molecule has 5 aromatic rings. The van der Waals surface area contributed by atoms with Gasteiger partial charge in [0.15, 0.2) is 17.3 Å². The second-order valence-electron chi connectivity index (χ2n) is 7.16. The van der Waals surface area contributed by atoms with Gasteiger partial charge in [0.1, 0.15) is 17.7 Å². The molecule has 5 rings (SSSR count). The Balaban J connectivity index is 0.00000148. The number of fused-ring (bicyclic) bond motifs is 2. The van der Waals surface area contributed by atoms with E-state index in [2.05, 4.69) is 35.7 Å². The van der Waals surface area contributed by atoms with Gasteiger partial charge in [-0.3, -0.25) is 10.2 Å². The van der Waals surface area contributed by atoms with Crippen LogP contribution in [0.1, 0.15) is 25.2 Å². The van der Waals surface area contributed by atoms with E-state index in [-0.39, 0.29) is 23.6 Å². The van der Waals surface area contributed by atoms with Crippen LogP contribution in [0.4, 0.5) is 29.1 Å². The Morgan fingerprint density at radius 2 is 1.78 bits per heavy atom. The minimum absolute atomic E-state index is 0.0624. The van der Waals surface area contributed by atoms with E-state index in [0.717, 1.165) is 22.9 Å². The van der Waals surface area contributed by atoms with Gasteiger partial charge in [0, 0.05) is 0 Å². The Kier molecular flexibility index (Phi) is 6.81. The average molecular weight is 500 g/mol. The number of aromatic nitrogens is 6. The predicted molar refractivity (Wildman–Crippen MR) is 127 cm³/mol. The van der Waals surface area contributed by atoms with Crippen molar-refractivity contribution >= 4 is 33.6 Å². The van der Waals surface area contributed by atoms with E-state index >= 15 is 0 Å². The van der Waals surface area contributed by atoms with E-state index in [1.807, 2.05) is 13.8 Å². The Labute approximate surface area is 201 Å². The van der Waals surface area contributed by atoms with Crippen molar-refractivity contribution in [3.63, 3.8) is 0 Å². The third-order valence-electron chi connectivity index (χ3n) is 4.99. The highest BCUT2D eigenvalue weighted by molar-refractivity contribution is 5.83. The SMILES string of the molecule is CC.O=c1c2c(C(F)(F)F)cccc2nc(CNc2ncnc3nc[nH]c23)n1Nc1ccc(F)cc1. The first-order valence-corrected chi connectivity index (χ1v) is 10.8. The first-order chi connectivity index (χ1) is 17.3. The molecule has 0 unspecified atom stereocenters. The van der Waals surface area contributed by atoms with Gasteiger partial charge in [-0.2, -0.15) is 13.2 Å². The van der Waals surface area contributed by atoms with Crippen molar-refractivity contribution in [1.82, 2.24) is 29.6 Å². The lowest BCUT2D eigenvalue weighted by Gasteiger charge is -2.18. The fraction of sp³-hybridized carbons (Fsp3) is 0.174. The lowest BCUT2D eigenvalue weighted by atomic mass is 10.1. The summed E-state index contributed by atoms with van der Waals surface area (Å²) in [5.41, 5.74) is 1.71. The van der Waals surface area contributed by atoms with Crippen LogP contribution in [0, 0.1) is 5.82 Å². The average Bonchev–Trinajstić information content (AvgIpc) is 3.36. The van der Waals surface area contributed by atoms with Gasteiger partial charge in [-0.25, -0.2) is 29.0 Å². The zero-order chi connectivity index (χ0) is 25.9. The smallest absolute Gasteiger partial charge is 0.361 e. The summed E-state index contributed by atoms with van der Waals surface area (Å²) in [5.74, 6) is -0.0928. The summed E-state index contributed by atoms with van der Waals surface area (Å²) >= 11 is 0. The Morgan fingerprint density at radius 3 is 2.50 bits per heavy atom. The third-order valence-corrected chi connectivity index (χ3v) is 4.99. The molecule has 3 aromatic heterocycles. The summed E-state index contributed by atoms with van der Waals surface area (Å²) in [6, 6.07) is 8.32. The maximum absolute atomic E-state index is 13.6. The summed E-state index contributed by atoms with van der Waals surface area (Å²) < 4.78 is 55.1. The molecule has 0 aliphatic rings. The van der Waals surface area contributed by atoms with Gasteiger partial charge in [0.2, 0.25) is 0 Å². The first kappa shape index (κ1) is 24.6. The van der Waals surface area contributed by atoms with Crippen LogP contribution in [-0.2, 0) is 12.7 Å². The molecule has 0 spiro atoms. The topological polar surface area (TPSA) is 113 Å². The van der Waals surface area contributed by atoms with E-state index in [1.54, 1.807) is 0 Å². The lowest BCUT2D eigenvalue weighted by molar-refractivity contribution is -0.136. The number of alkyl halides is 3. The minimum atomic E-state index is -4.76. The number of aromatic amines is 1. The molecular weight excluding hydrogens is 480 g/mol. The van der Waals surface area contributed by atoms with Gasteiger partial charge in [-0.05, 0) is 36.4 Å². The summed E-state index contributed by atoms with van der Waals surface area (Å²) in [6.45, 7) is 3.90. The van der Waals surface area contributed by atoms with Crippen molar-refractivity contribution in [3.05, 3.63) is 82.7 Å². The zero-order valence-electron chi connectivity index (χ0n) is 19.1. The van der Waals surface area contributed by atoms with E-state index in [0.29, 0.717) is 17.0 Å². The highest BCUT2D eigenvalue weighted by Crippen LogP contribution is 2.33. The number of hydrogen-bond donors (Lipinski definition) is 3. The van der Waals surface area contributed by atoms with Crippen LogP contribution in [0.15, 0.2) is 59.9 Å². The number of nitrogens with zero attached hydrogens (tertiary/aromatic N) is 5. The molecule has 0 saturated heterocycles. The fourth-order valence-electron chi connectivity index (χ4n) is 3.46. The van der Waals surface area contributed by atoms with Gasteiger partial charge >= 0.3 is 6.18 Å². The van der Waals surface area contributed by atoms with Gasteiger partial charge in [0.25, 0.3) is 5.56 Å². The van der Waals surface area contributed by atoms with Gasteiger partial charge in [-0.1, -0.05) is 19.9 Å². The summed E-state index contributed by atoms with van der Waals surface area (Å²) in [7, 11) is 0. The summed E-state index contributed by atoms with van der Waals surface area (Å²) in [5, 5.41) is 2.40. The number of hydrogen-bond acceptors (Lipinski definition) is 7. The van der Waals surface area contributed by atoms with Crippen LogP contribution in [0.25, 0.3) is 22.1 Å². The molecule has 0 bridgehead atoms. The molecule has 9 nitrogen and oxygen atoms in total. The molecule has 3 heterocycles. The molecule has 13 heteroatoms. The third kappa shape index (κ3) is 4.80. The molecule has 0 amide bonds. The normalized spacial score (nSPS) is 11.3. The molecule has 36 heavy (non-hydrogen) atoms. The largest absolute Gasteiger partial charge is 0.417 e. The maximum atomic E-state index is 13.6. The molecule has 186 valence electrons. The lowest BCUT2D eigenvalue weighted by Crippen LogP contribution is -2.33. The molecule has 3 N–H and O–H groups in total.